The molecule has 0 saturated heterocycles. The van der Waals surface area contributed by atoms with Crippen molar-refractivity contribution < 1.29 is 23.2 Å². The molecule has 0 fully saturated rings. The van der Waals surface area contributed by atoms with E-state index >= 15 is 0 Å². The molecule has 1 aromatic heterocycles. The van der Waals surface area contributed by atoms with Gasteiger partial charge >= 0.3 is 0 Å². The lowest BCUT2D eigenvalue weighted by atomic mass is 10.1. The van der Waals surface area contributed by atoms with E-state index in [1.165, 1.54) is 36.4 Å². The molecule has 6 nitrogen and oxygen atoms in total. The van der Waals surface area contributed by atoms with Gasteiger partial charge in [0.15, 0.2) is 0 Å². The van der Waals surface area contributed by atoms with Crippen LogP contribution in [0.25, 0.3) is 0 Å². The van der Waals surface area contributed by atoms with Crippen LogP contribution in [0.5, 0.6) is 0 Å². The molecule has 0 saturated carbocycles. The third kappa shape index (κ3) is 6.45. The summed E-state index contributed by atoms with van der Waals surface area (Å²) in [7, 11) is 0. The summed E-state index contributed by atoms with van der Waals surface area (Å²) in [6, 6.07) is 12.8. The molecule has 0 aliphatic heterocycles. The Hall–Kier alpha value is -3.59. The lowest BCUT2D eigenvalue weighted by Crippen LogP contribution is -2.35. The van der Waals surface area contributed by atoms with Crippen molar-refractivity contribution >= 4 is 34.1 Å². The molecule has 0 unspecified atom stereocenters. The fourth-order valence-electron chi connectivity index (χ4n) is 2.94. The molecule has 3 amide bonds. The minimum Gasteiger partial charge on any atom is -0.354 e. The number of hydrogen-bond acceptors (Lipinski definition) is 4. The van der Waals surface area contributed by atoms with Crippen LogP contribution < -0.4 is 16.0 Å². The third-order valence-corrected chi connectivity index (χ3v) is 5.59. The zero-order valence-electron chi connectivity index (χ0n) is 17.2. The van der Waals surface area contributed by atoms with E-state index in [1.54, 1.807) is 19.1 Å². The maximum Gasteiger partial charge on any atom is 0.261 e. The number of hydrogen-bond donors (Lipinski definition) is 3. The second-order valence-electron chi connectivity index (χ2n) is 7.00. The van der Waals surface area contributed by atoms with Gasteiger partial charge in [-0.25, -0.2) is 8.78 Å². The summed E-state index contributed by atoms with van der Waals surface area (Å²) in [5.74, 6) is -2.00. The molecule has 0 aliphatic rings. The molecule has 3 N–H and O–H groups in total. The Bertz CT molecular complexity index is 1150. The highest BCUT2D eigenvalue weighted by Crippen LogP contribution is 2.27. The second kappa shape index (κ2) is 10.6. The summed E-state index contributed by atoms with van der Waals surface area (Å²) in [6.45, 7) is 2.16. The predicted octanol–water partition coefficient (Wildman–Crippen LogP) is 3.68. The first-order chi connectivity index (χ1) is 15.3. The van der Waals surface area contributed by atoms with Gasteiger partial charge in [0.25, 0.3) is 11.8 Å². The zero-order valence-corrected chi connectivity index (χ0v) is 18.0. The number of anilines is 1. The summed E-state index contributed by atoms with van der Waals surface area (Å²) in [6.07, 6.45) is 0.0457. The van der Waals surface area contributed by atoms with Gasteiger partial charge in [-0.2, -0.15) is 0 Å². The van der Waals surface area contributed by atoms with E-state index in [0.29, 0.717) is 21.0 Å². The number of carbonyl (C=O) groups is 3. The first kappa shape index (κ1) is 23.1. The molecule has 3 aromatic rings. The normalized spacial score (nSPS) is 10.5. The van der Waals surface area contributed by atoms with Gasteiger partial charge in [0.2, 0.25) is 5.91 Å². The van der Waals surface area contributed by atoms with Crippen molar-refractivity contribution in [3.05, 3.63) is 87.8 Å². The first-order valence-electron chi connectivity index (χ1n) is 9.78. The molecular formula is C23H21F2N3O3S. The monoisotopic (exact) mass is 457 g/mol. The van der Waals surface area contributed by atoms with Crippen LogP contribution >= 0.6 is 11.3 Å². The molecule has 1 heterocycles. The average molecular weight is 458 g/mol. The number of carbonyl (C=O) groups excluding carboxylic acids is 3. The van der Waals surface area contributed by atoms with Crippen LogP contribution in [0, 0.1) is 18.6 Å². The molecule has 0 atom stereocenters. The molecule has 166 valence electrons. The Balaban J connectivity index is 1.46. The number of amides is 3. The number of rotatable bonds is 8. The molecule has 3 rings (SSSR count). The van der Waals surface area contributed by atoms with E-state index in [-0.39, 0.29) is 36.9 Å². The largest absolute Gasteiger partial charge is 0.354 e. The van der Waals surface area contributed by atoms with Gasteiger partial charge in [0.1, 0.15) is 11.6 Å². The highest BCUT2D eigenvalue weighted by atomic mass is 32.1. The Morgan fingerprint density at radius 1 is 0.875 bits per heavy atom. The molecular weight excluding hydrogens is 436 g/mol. The fourth-order valence-corrected chi connectivity index (χ4v) is 3.92. The maximum absolute atomic E-state index is 13.3. The van der Waals surface area contributed by atoms with Crippen LogP contribution in [-0.4, -0.2) is 30.8 Å². The molecule has 2 aromatic carbocycles. The van der Waals surface area contributed by atoms with Crippen LogP contribution in [0.4, 0.5) is 13.8 Å². The van der Waals surface area contributed by atoms with Crippen molar-refractivity contribution in [3.8, 4) is 0 Å². The Morgan fingerprint density at radius 3 is 2.28 bits per heavy atom. The quantitative estimate of drug-likeness (QED) is 0.451. The SMILES string of the molecule is Cc1cc(NC(=O)c2cccc(F)c2)sc1C(=O)NCCNC(=O)Cc1cccc(F)c1. The summed E-state index contributed by atoms with van der Waals surface area (Å²) < 4.78 is 26.5. The summed E-state index contributed by atoms with van der Waals surface area (Å²) in [5, 5.41) is 8.50. The smallest absolute Gasteiger partial charge is 0.261 e. The van der Waals surface area contributed by atoms with Gasteiger partial charge in [-0.3, -0.25) is 14.4 Å². The first-order valence-corrected chi connectivity index (χ1v) is 10.6. The molecule has 0 spiro atoms. The van der Waals surface area contributed by atoms with Crippen LogP contribution in [0.15, 0.2) is 54.6 Å². The lowest BCUT2D eigenvalue weighted by molar-refractivity contribution is -0.120. The maximum atomic E-state index is 13.3. The van der Waals surface area contributed by atoms with E-state index in [4.69, 9.17) is 0 Å². The van der Waals surface area contributed by atoms with E-state index in [2.05, 4.69) is 16.0 Å². The van der Waals surface area contributed by atoms with Crippen LogP contribution in [-0.2, 0) is 11.2 Å². The third-order valence-electron chi connectivity index (χ3n) is 4.43. The fraction of sp³-hybridized carbons (Fsp3) is 0.174. The van der Waals surface area contributed by atoms with Crippen LogP contribution in [0.1, 0.15) is 31.2 Å². The van der Waals surface area contributed by atoms with Crippen molar-refractivity contribution in [2.45, 2.75) is 13.3 Å². The standard InChI is InChI=1S/C23H21F2N3O3S/c1-14-10-20(28-22(30)16-5-3-7-18(25)13-16)32-21(14)23(31)27-9-8-26-19(29)12-15-4-2-6-17(24)11-15/h2-7,10-11,13H,8-9,12H2,1H3,(H,26,29)(H,27,31)(H,28,30). The van der Waals surface area contributed by atoms with Crippen molar-refractivity contribution in [2.75, 3.05) is 18.4 Å². The summed E-state index contributed by atoms with van der Waals surface area (Å²) >= 11 is 1.10. The van der Waals surface area contributed by atoms with E-state index in [9.17, 15) is 23.2 Å². The number of benzene rings is 2. The van der Waals surface area contributed by atoms with Gasteiger partial charge in [-0.1, -0.05) is 18.2 Å². The number of nitrogens with one attached hydrogen (secondary N) is 3. The summed E-state index contributed by atoms with van der Waals surface area (Å²) in [5.41, 5.74) is 1.42. The highest BCUT2D eigenvalue weighted by molar-refractivity contribution is 7.18. The number of aryl methyl sites for hydroxylation is 1. The Kier molecular flexibility index (Phi) is 7.67. The van der Waals surface area contributed by atoms with Crippen molar-refractivity contribution in [1.82, 2.24) is 10.6 Å². The molecule has 9 heteroatoms. The predicted molar refractivity (Wildman–Crippen MR) is 119 cm³/mol. The van der Waals surface area contributed by atoms with Crippen LogP contribution in [0.3, 0.4) is 0 Å². The second-order valence-corrected chi connectivity index (χ2v) is 8.05. The minimum absolute atomic E-state index is 0.0457. The van der Waals surface area contributed by atoms with Gasteiger partial charge in [-0.05, 0) is 54.4 Å². The van der Waals surface area contributed by atoms with E-state index in [1.807, 2.05) is 0 Å². The van der Waals surface area contributed by atoms with Gasteiger partial charge in [0.05, 0.1) is 16.3 Å². The topological polar surface area (TPSA) is 87.3 Å². The van der Waals surface area contributed by atoms with E-state index in [0.717, 1.165) is 17.4 Å². The summed E-state index contributed by atoms with van der Waals surface area (Å²) in [4.78, 5) is 37.0. The van der Waals surface area contributed by atoms with E-state index < -0.39 is 17.5 Å². The Morgan fingerprint density at radius 2 is 1.56 bits per heavy atom. The van der Waals surface area contributed by atoms with Crippen molar-refractivity contribution in [2.24, 2.45) is 0 Å². The van der Waals surface area contributed by atoms with Gasteiger partial charge in [0, 0.05) is 18.7 Å². The average Bonchev–Trinajstić information content (AvgIpc) is 3.11. The molecule has 0 bridgehead atoms. The van der Waals surface area contributed by atoms with Crippen molar-refractivity contribution in [1.29, 1.82) is 0 Å². The lowest BCUT2D eigenvalue weighted by Gasteiger charge is -2.07. The highest BCUT2D eigenvalue weighted by Gasteiger charge is 2.16. The Labute approximate surface area is 187 Å². The molecule has 0 radical (unpaired) electrons. The molecule has 32 heavy (non-hydrogen) atoms. The van der Waals surface area contributed by atoms with Crippen molar-refractivity contribution in [3.63, 3.8) is 0 Å². The number of halogens is 2. The van der Waals surface area contributed by atoms with Gasteiger partial charge in [-0.15, -0.1) is 11.3 Å². The number of thiophene rings is 1. The van der Waals surface area contributed by atoms with Gasteiger partial charge < -0.3 is 16.0 Å². The van der Waals surface area contributed by atoms with Crippen LogP contribution in [0.2, 0.25) is 0 Å². The zero-order chi connectivity index (χ0) is 23.1. The minimum atomic E-state index is -0.511. The molecule has 0 aliphatic carbocycles.